The molecule has 0 saturated heterocycles. The van der Waals surface area contributed by atoms with Crippen molar-refractivity contribution in [3.8, 4) is 0 Å². The van der Waals surface area contributed by atoms with Crippen LogP contribution < -0.4 is 5.32 Å². The van der Waals surface area contributed by atoms with Gasteiger partial charge in [0.15, 0.2) is 6.23 Å². The summed E-state index contributed by atoms with van der Waals surface area (Å²) >= 11 is 0. The van der Waals surface area contributed by atoms with E-state index in [0.717, 1.165) is 5.56 Å². The fraction of sp³-hybridized carbons (Fsp3) is 0.200. The monoisotopic (exact) mass is 195 g/mol. The molecule has 1 unspecified atom stereocenters. The lowest BCUT2D eigenvalue weighted by atomic mass is 10.2. The summed E-state index contributed by atoms with van der Waals surface area (Å²) in [6.07, 6.45) is 1.14. The number of aliphatic hydroxyl groups is 1. The Morgan fingerprint density at radius 1 is 1.36 bits per heavy atom. The second-order valence-electron chi connectivity index (χ2n) is 3.01. The molecular formula is C10H10FNO2. The van der Waals surface area contributed by atoms with Crippen LogP contribution in [0.25, 0.3) is 0 Å². The molecule has 0 fully saturated rings. The van der Waals surface area contributed by atoms with Crippen LogP contribution in [0.4, 0.5) is 4.39 Å². The SMILES string of the molecule is OCC1=COC(c2ccc(F)cc2)N1. The quantitative estimate of drug-likeness (QED) is 0.746. The molecule has 1 atom stereocenters. The van der Waals surface area contributed by atoms with Gasteiger partial charge in [-0.05, 0) is 12.1 Å². The van der Waals surface area contributed by atoms with Gasteiger partial charge in [-0.25, -0.2) is 4.39 Å². The molecule has 0 spiro atoms. The van der Waals surface area contributed by atoms with Crippen LogP contribution in [-0.2, 0) is 4.74 Å². The van der Waals surface area contributed by atoms with E-state index in [1.54, 1.807) is 12.1 Å². The Bertz CT molecular complexity index is 348. The molecule has 4 heteroatoms. The number of ether oxygens (including phenoxy) is 1. The number of hydrogen-bond acceptors (Lipinski definition) is 3. The first-order chi connectivity index (χ1) is 6.79. The molecule has 1 aromatic carbocycles. The molecule has 1 aliphatic heterocycles. The maximum Gasteiger partial charge on any atom is 0.195 e. The van der Waals surface area contributed by atoms with Gasteiger partial charge in [0.2, 0.25) is 0 Å². The average Bonchev–Trinajstić information content (AvgIpc) is 2.67. The first-order valence-electron chi connectivity index (χ1n) is 4.27. The molecule has 2 rings (SSSR count). The lowest BCUT2D eigenvalue weighted by Gasteiger charge is -2.12. The van der Waals surface area contributed by atoms with E-state index in [1.807, 2.05) is 0 Å². The van der Waals surface area contributed by atoms with E-state index in [2.05, 4.69) is 5.32 Å². The Hall–Kier alpha value is -1.55. The van der Waals surface area contributed by atoms with E-state index in [-0.39, 0.29) is 18.7 Å². The van der Waals surface area contributed by atoms with Crippen LogP contribution in [0.3, 0.4) is 0 Å². The van der Waals surface area contributed by atoms with Crippen molar-refractivity contribution in [2.75, 3.05) is 6.61 Å². The normalized spacial score (nSPS) is 19.9. The van der Waals surface area contributed by atoms with Crippen LogP contribution in [0.2, 0.25) is 0 Å². The summed E-state index contributed by atoms with van der Waals surface area (Å²) in [5.41, 5.74) is 1.45. The molecule has 1 aromatic rings. The molecule has 1 heterocycles. The third-order valence-corrected chi connectivity index (χ3v) is 2.01. The maximum atomic E-state index is 12.6. The van der Waals surface area contributed by atoms with Gasteiger partial charge in [-0.1, -0.05) is 12.1 Å². The minimum absolute atomic E-state index is 0.0856. The zero-order valence-electron chi connectivity index (χ0n) is 7.40. The van der Waals surface area contributed by atoms with Crippen LogP contribution in [0.15, 0.2) is 36.2 Å². The molecule has 0 saturated carbocycles. The van der Waals surface area contributed by atoms with Crippen molar-refractivity contribution in [3.63, 3.8) is 0 Å². The average molecular weight is 195 g/mol. The summed E-state index contributed by atoms with van der Waals surface area (Å²) in [6, 6.07) is 6.02. The van der Waals surface area contributed by atoms with Crippen LogP contribution in [-0.4, -0.2) is 11.7 Å². The highest BCUT2D eigenvalue weighted by molar-refractivity contribution is 5.21. The van der Waals surface area contributed by atoms with Crippen molar-refractivity contribution in [1.82, 2.24) is 5.32 Å². The highest BCUT2D eigenvalue weighted by Gasteiger charge is 2.17. The molecule has 0 aliphatic carbocycles. The third-order valence-electron chi connectivity index (χ3n) is 2.01. The van der Waals surface area contributed by atoms with Crippen molar-refractivity contribution in [1.29, 1.82) is 0 Å². The smallest absolute Gasteiger partial charge is 0.195 e. The summed E-state index contributed by atoms with van der Waals surface area (Å²) in [7, 11) is 0. The van der Waals surface area contributed by atoms with E-state index in [9.17, 15) is 4.39 Å². The molecule has 0 bridgehead atoms. The van der Waals surface area contributed by atoms with E-state index < -0.39 is 0 Å². The molecule has 3 nitrogen and oxygen atoms in total. The van der Waals surface area contributed by atoms with Crippen LogP contribution in [0.1, 0.15) is 11.8 Å². The van der Waals surface area contributed by atoms with E-state index >= 15 is 0 Å². The van der Waals surface area contributed by atoms with Gasteiger partial charge in [-0.15, -0.1) is 0 Å². The molecular weight excluding hydrogens is 185 g/mol. The van der Waals surface area contributed by atoms with Crippen molar-refractivity contribution >= 4 is 0 Å². The Kier molecular flexibility index (Phi) is 2.37. The number of benzene rings is 1. The first kappa shape index (κ1) is 9.02. The number of halogens is 1. The van der Waals surface area contributed by atoms with Gasteiger partial charge in [0, 0.05) is 5.56 Å². The summed E-state index contributed by atoms with van der Waals surface area (Å²) in [5.74, 6) is -0.276. The Labute approximate surface area is 80.8 Å². The minimum atomic E-state index is -0.322. The first-order valence-corrected chi connectivity index (χ1v) is 4.27. The molecule has 0 amide bonds. The van der Waals surface area contributed by atoms with Crippen molar-refractivity contribution < 1.29 is 14.2 Å². The lowest BCUT2D eigenvalue weighted by molar-refractivity contribution is 0.153. The van der Waals surface area contributed by atoms with Crippen LogP contribution in [0.5, 0.6) is 0 Å². The van der Waals surface area contributed by atoms with Gasteiger partial charge >= 0.3 is 0 Å². The number of nitrogens with one attached hydrogen (secondary N) is 1. The predicted octanol–water partition coefficient (Wildman–Crippen LogP) is 1.28. The number of aliphatic hydroxyl groups excluding tert-OH is 1. The lowest BCUT2D eigenvalue weighted by Crippen LogP contribution is -2.17. The predicted molar refractivity (Wildman–Crippen MR) is 48.5 cm³/mol. The Morgan fingerprint density at radius 3 is 2.64 bits per heavy atom. The third kappa shape index (κ3) is 1.70. The van der Waals surface area contributed by atoms with E-state index in [1.165, 1.54) is 18.4 Å². The molecule has 74 valence electrons. The van der Waals surface area contributed by atoms with Gasteiger partial charge in [0.05, 0.1) is 12.3 Å². The van der Waals surface area contributed by atoms with Gasteiger partial charge in [-0.2, -0.15) is 0 Å². The molecule has 14 heavy (non-hydrogen) atoms. The van der Waals surface area contributed by atoms with Gasteiger partial charge in [0.25, 0.3) is 0 Å². The standard InChI is InChI=1S/C10H10FNO2/c11-8-3-1-7(2-4-8)10-12-9(5-13)6-14-10/h1-4,6,10,12-13H,5H2. The molecule has 0 aromatic heterocycles. The summed E-state index contributed by atoms with van der Waals surface area (Å²) in [4.78, 5) is 0. The van der Waals surface area contributed by atoms with Gasteiger partial charge in [-0.3, -0.25) is 0 Å². The zero-order valence-corrected chi connectivity index (χ0v) is 7.40. The van der Waals surface area contributed by atoms with Gasteiger partial charge in [0.1, 0.15) is 12.1 Å². The van der Waals surface area contributed by atoms with Gasteiger partial charge < -0.3 is 15.2 Å². The highest BCUT2D eigenvalue weighted by atomic mass is 19.1. The molecule has 0 radical (unpaired) electrons. The second-order valence-corrected chi connectivity index (χ2v) is 3.01. The summed E-state index contributed by atoms with van der Waals surface area (Å²) < 4.78 is 17.8. The highest BCUT2D eigenvalue weighted by Crippen LogP contribution is 2.21. The maximum absolute atomic E-state index is 12.6. The fourth-order valence-corrected chi connectivity index (χ4v) is 1.27. The van der Waals surface area contributed by atoms with E-state index in [0.29, 0.717) is 5.70 Å². The largest absolute Gasteiger partial charge is 0.472 e. The fourth-order valence-electron chi connectivity index (χ4n) is 1.27. The Balaban J connectivity index is 2.08. The number of hydrogen-bond donors (Lipinski definition) is 2. The van der Waals surface area contributed by atoms with Crippen molar-refractivity contribution in [2.45, 2.75) is 6.23 Å². The summed E-state index contributed by atoms with van der Waals surface area (Å²) in [5, 5.41) is 11.7. The van der Waals surface area contributed by atoms with E-state index in [4.69, 9.17) is 9.84 Å². The van der Waals surface area contributed by atoms with Crippen molar-refractivity contribution in [3.05, 3.63) is 47.6 Å². The second kappa shape index (κ2) is 3.67. The zero-order chi connectivity index (χ0) is 9.97. The van der Waals surface area contributed by atoms with Crippen molar-refractivity contribution in [2.24, 2.45) is 0 Å². The Morgan fingerprint density at radius 2 is 2.07 bits per heavy atom. The summed E-state index contributed by atoms with van der Waals surface area (Å²) in [6.45, 7) is -0.0856. The number of rotatable bonds is 2. The topological polar surface area (TPSA) is 41.5 Å². The molecule has 2 N–H and O–H groups in total. The van der Waals surface area contributed by atoms with Crippen LogP contribution in [0, 0.1) is 5.82 Å². The van der Waals surface area contributed by atoms with Crippen LogP contribution >= 0.6 is 0 Å². The molecule has 1 aliphatic rings. The minimum Gasteiger partial charge on any atom is -0.472 e.